The summed E-state index contributed by atoms with van der Waals surface area (Å²) >= 11 is 7.73. The zero-order valence-electron chi connectivity index (χ0n) is 27.6. The van der Waals surface area contributed by atoms with Gasteiger partial charge >= 0.3 is 6.09 Å². The number of nitrogens with one attached hydrogen (secondary N) is 3. The van der Waals surface area contributed by atoms with Crippen LogP contribution < -0.4 is 15.4 Å². The highest BCUT2D eigenvalue weighted by molar-refractivity contribution is 7.91. The number of rotatable bonds is 12. The first-order valence-corrected chi connectivity index (χ1v) is 19.3. The van der Waals surface area contributed by atoms with Gasteiger partial charge in [0.25, 0.3) is 5.91 Å². The van der Waals surface area contributed by atoms with Crippen LogP contribution >= 0.6 is 22.9 Å². The Morgan fingerprint density at radius 2 is 1.98 bits per heavy atom. The Morgan fingerprint density at radius 3 is 2.59 bits per heavy atom. The number of hydrogen-bond donors (Lipinski definition) is 3. The SMILES string of the molecule is C=C[C@@H]1C[C@]1(NC(=O)[C@@H]1CC(OC(=O)N2Cc3cccc(Cl)c3C2)CN1C(=O)[C@@H](Nc1nc(CC)cs1)C(C)C)C(=O)NS(=O)(=O)C1CC1. The number of carbonyl (C=O) groups is 4. The van der Waals surface area contributed by atoms with Gasteiger partial charge in [-0.3, -0.25) is 24.0 Å². The molecule has 49 heavy (non-hydrogen) atoms. The van der Waals surface area contributed by atoms with Crippen molar-refractivity contribution >= 4 is 61.9 Å². The summed E-state index contributed by atoms with van der Waals surface area (Å²) in [6.07, 6.45) is 1.87. The average Bonchev–Trinajstić information content (AvgIpc) is 3.87. The van der Waals surface area contributed by atoms with Crippen molar-refractivity contribution in [3.63, 3.8) is 0 Å². The maximum atomic E-state index is 14.3. The zero-order chi connectivity index (χ0) is 35.2. The summed E-state index contributed by atoms with van der Waals surface area (Å²) in [6.45, 7) is 10.0. The van der Waals surface area contributed by atoms with E-state index in [-0.39, 0.29) is 31.8 Å². The predicted octanol–water partition coefficient (Wildman–Crippen LogP) is 3.59. The van der Waals surface area contributed by atoms with Crippen LogP contribution in [0.1, 0.15) is 63.3 Å². The van der Waals surface area contributed by atoms with Gasteiger partial charge in [-0.1, -0.05) is 50.6 Å². The number of benzene rings is 1. The minimum absolute atomic E-state index is 0.0241. The lowest BCUT2D eigenvalue weighted by Crippen LogP contribution is -2.58. The first kappa shape index (κ1) is 35.1. The van der Waals surface area contributed by atoms with Gasteiger partial charge in [0.05, 0.1) is 24.0 Å². The molecule has 3 fully saturated rings. The van der Waals surface area contributed by atoms with E-state index < -0.39 is 68.7 Å². The van der Waals surface area contributed by atoms with Crippen LogP contribution in [-0.4, -0.2) is 82.5 Å². The molecule has 0 radical (unpaired) electrons. The molecule has 2 aliphatic heterocycles. The predicted molar refractivity (Wildman–Crippen MR) is 184 cm³/mol. The second-order valence-corrected chi connectivity index (χ2v) is 16.8. The van der Waals surface area contributed by atoms with Gasteiger partial charge in [-0.15, -0.1) is 17.9 Å². The molecule has 3 heterocycles. The summed E-state index contributed by atoms with van der Waals surface area (Å²) < 4.78 is 33.3. The summed E-state index contributed by atoms with van der Waals surface area (Å²) in [7, 11) is -3.88. The van der Waals surface area contributed by atoms with Crippen molar-refractivity contribution in [2.24, 2.45) is 11.8 Å². The number of likely N-dealkylation sites (tertiary alicyclic amines) is 1. The number of nitrogens with zero attached hydrogens (tertiary/aromatic N) is 3. The molecule has 2 aliphatic carbocycles. The highest BCUT2D eigenvalue weighted by Crippen LogP contribution is 2.45. The number of aryl methyl sites for hydroxylation is 1. The summed E-state index contributed by atoms with van der Waals surface area (Å²) in [5.41, 5.74) is 1.11. The van der Waals surface area contributed by atoms with Crippen LogP contribution in [0.4, 0.5) is 9.93 Å². The van der Waals surface area contributed by atoms with Crippen LogP contribution in [0.5, 0.6) is 0 Å². The molecular formula is C33H41ClN6O7S2. The minimum atomic E-state index is -3.88. The molecule has 2 aromatic rings. The maximum absolute atomic E-state index is 14.3. The Balaban J connectivity index is 1.22. The highest BCUT2D eigenvalue weighted by atomic mass is 35.5. The number of carbonyl (C=O) groups excluding carboxylic acids is 4. The quantitative estimate of drug-likeness (QED) is 0.277. The lowest BCUT2D eigenvalue weighted by Gasteiger charge is -2.31. The Bertz CT molecular complexity index is 1780. The van der Waals surface area contributed by atoms with E-state index >= 15 is 0 Å². The van der Waals surface area contributed by atoms with Gasteiger partial charge in [-0.05, 0) is 48.8 Å². The molecule has 0 spiro atoms. The summed E-state index contributed by atoms with van der Waals surface area (Å²) in [4.78, 5) is 62.6. The smallest absolute Gasteiger partial charge is 0.410 e. The van der Waals surface area contributed by atoms with Crippen LogP contribution in [0.2, 0.25) is 5.02 Å². The molecule has 3 N–H and O–H groups in total. The van der Waals surface area contributed by atoms with Crippen molar-refractivity contribution < 1.29 is 32.3 Å². The number of sulfonamides is 1. The summed E-state index contributed by atoms with van der Waals surface area (Å²) in [5.74, 6) is -2.59. The number of aromatic nitrogens is 1. The third-order valence-electron chi connectivity index (χ3n) is 9.67. The number of halogens is 1. The minimum Gasteiger partial charge on any atom is -0.444 e. The Labute approximate surface area is 294 Å². The molecule has 264 valence electrons. The first-order valence-electron chi connectivity index (χ1n) is 16.5. The summed E-state index contributed by atoms with van der Waals surface area (Å²) in [6, 6.07) is 3.60. The molecular weight excluding hydrogens is 692 g/mol. The van der Waals surface area contributed by atoms with Crippen molar-refractivity contribution in [1.29, 1.82) is 0 Å². The molecule has 1 saturated heterocycles. The van der Waals surface area contributed by atoms with Crippen molar-refractivity contribution in [1.82, 2.24) is 24.8 Å². The van der Waals surface area contributed by atoms with Gasteiger partial charge in [0, 0.05) is 29.3 Å². The Hall–Kier alpha value is -3.69. The van der Waals surface area contributed by atoms with E-state index in [1.54, 1.807) is 6.07 Å². The van der Waals surface area contributed by atoms with Gasteiger partial charge in [-0.2, -0.15) is 0 Å². The van der Waals surface area contributed by atoms with E-state index in [0.29, 0.717) is 29.5 Å². The van der Waals surface area contributed by atoms with Crippen LogP contribution in [0, 0.1) is 11.8 Å². The standard InChI is InChI=1S/C33H41ClN6O7S2/c1-5-20-13-33(20,30(43)38-49(45,46)23-10-11-23)37-28(41)26-12-22(47-32(44)39-14-19-8-7-9-25(34)24(19)16-39)15-40(26)29(42)27(18(3)4)36-31-35-21(6-2)17-48-31/h5,7-9,17-18,20,22-23,26-27H,1,6,10-16H2,2-4H3,(H,35,36)(H,37,41)(H,38,43)/t20-,22?,26+,27+,33-/m1/s1. The van der Waals surface area contributed by atoms with E-state index in [1.165, 1.54) is 27.2 Å². The van der Waals surface area contributed by atoms with Gasteiger partial charge in [-0.25, -0.2) is 18.2 Å². The number of thiazole rings is 1. The molecule has 4 aliphatic rings. The first-order chi connectivity index (χ1) is 23.3. The zero-order valence-corrected chi connectivity index (χ0v) is 30.0. The molecule has 5 atom stereocenters. The number of anilines is 1. The maximum Gasteiger partial charge on any atom is 0.410 e. The monoisotopic (exact) mass is 732 g/mol. The van der Waals surface area contributed by atoms with Crippen LogP contribution in [0.25, 0.3) is 0 Å². The van der Waals surface area contributed by atoms with E-state index in [4.69, 9.17) is 16.3 Å². The van der Waals surface area contributed by atoms with Gasteiger partial charge in [0.2, 0.25) is 21.8 Å². The van der Waals surface area contributed by atoms with Crippen LogP contribution in [0.3, 0.4) is 0 Å². The Morgan fingerprint density at radius 1 is 1.22 bits per heavy atom. The third kappa shape index (κ3) is 7.15. The number of ether oxygens (including phenoxy) is 1. The molecule has 1 aromatic carbocycles. The van der Waals surface area contributed by atoms with Gasteiger partial charge in [0.15, 0.2) is 5.13 Å². The van der Waals surface area contributed by atoms with Crippen molar-refractivity contribution in [3.05, 3.63) is 58.1 Å². The van der Waals surface area contributed by atoms with Crippen LogP contribution in [-0.2, 0) is 48.7 Å². The Kier molecular flexibility index (Phi) is 9.72. The molecule has 6 rings (SSSR count). The highest BCUT2D eigenvalue weighted by Gasteiger charge is 2.62. The average molecular weight is 733 g/mol. The third-order valence-corrected chi connectivity index (χ3v) is 12.7. The van der Waals surface area contributed by atoms with Gasteiger partial charge in [0.1, 0.15) is 23.7 Å². The second-order valence-electron chi connectivity index (χ2n) is 13.5. The molecule has 2 saturated carbocycles. The van der Waals surface area contributed by atoms with Gasteiger partial charge < -0.3 is 20.3 Å². The molecule has 13 nitrogen and oxygen atoms in total. The van der Waals surface area contributed by atoms with E-state index in [1.807, 2.05) is 38.3 Å². The lowest BCUT2D eigenvalue weighted by molar-refractivity contribution is -0.140. The normalized spacial score (nSPS) is 25.0. The fraction of sp³-hybridized carbons (Fsp3) is 0.545. The van der Waals surface area contributed by atoms with Crippen molar-refractivity contribution in [2.75, 3.05) is 11.9 Å². The number of hydrogen-bond acceptors (Lipinski definition) is 10. The van der Waals surface area contributed by atoms with Crippen molar-refractivity contribution in [3.8, 4) is 0 Å². The molecule has 0 bridgehead atoms. The second kappa shape index (κ2) is 13.6. The largest absolute Gasteiger partial charge is 0.444 e. The molecule has 1 aromatic heterocycles. The summed E-state index contributed by atoms with van der Waals surface area (Å²) in [5, 5.41) is 8.42. The van der Waals surface area contributed by atoms with Crippen LogP contribution in [0.15, 0.2) is 36.2 Å². The fourth-order valence-electron chi connectivity index (χ4n) is 6.48. The van der Waals surface area contributed by atoms with E-state index in [9.17, 15) is 27.6 Å². The number of amides is 4. The van der Waals surface area contributed by atoms with Crippen molar-refractivity contribution in [2.45, 2.75) is 94.9 Å². The fourth-order valence-corrected chi connectivity index (χ4v) is 8.93. The van der Waals surface area contributed by atoms with E-state index in [2.05, 4.69) is 26.9 Å². The number of fused-ring (bicyclic) bond motifs is 1. The molecule has 16 heteroatoms. The lowest BCUT2D eigenvalue weighted by atomic mass is 10.0. The topological polar surface area (TPSA) is 167 Å². The van der Waals surface area contributed by atoms with E-state index in [0.717, 1.165) is 23.2 Å². The molecule has 1 unspecified atom stereocenters. The molecule has 4 amide bonds.